The highest BCUT2D eigenvalue weighted by Gasteiger charge is 2.45. The number of aromatic nitrogens is 2. The number of aryl methyl sites for hydroxylation is 1. The number of benzene rings is 1. The zero-order chi connectivity index (χ0) is 18.9. The van der Waals surface area contributed by atoms with Gasteiger partial charge >= 0.3 is 5.97 Å². The Balaban J connectivity index is 1.64. The van der Waals surface area contributed by atoms with Crippen LogP contribution in [0.5, 0.6) is 0 Å². The van der Waals surface area contributed by atoms with Gasteiger partial charge in [0, 0.05) is 31.9 Å². The summed E-state index contributed by atoms with van der Waals surface area (Å²) in [5, 5.41) is 14.6. The summed E-state index contributed by atoms with van der Waals surface area (Å²) in [5.41, 5.74) is 0.542. The minimum absolute atomic E-state index is 0.0822. The van der Waals surface area contributed by atoms with Crippen molar-refractivity contribution < 1.29 is 14.6 Å². The lowest BCUT2D eigenvalue weighted by molar-refractivity contribution is -0.167. The topological polar surface area (TPSA) is 67.6 Å². The molecular weight excluding hydrogens is 342 g/mol. The number of ether oxygens (including phenoxy) is 1. The fourth-order valence-electron chi connectivity index (χ4n) is 4.44. The number of esters is 1. The molecule has 3 saturated heterocycles. The molecule has 6 heteroatoms. The van der Waals surface area contributed by atoms with Crippen molar-refractivity contribution in [3.8, 4) is 0 Å². The highest BCUT2D eigenvalue weighted by atomic mass is 16.5. The van der Waals surface area contributed by atoms with Crippen molar-refractivity contribution >= 4 is 5.97 Å². The predicted molar refractivity (Wildman–Crippen MR) is 101 cm³/mol. The molecule has 6 nitrogen and oxygen atoms in total. The van der Waals surface area contributed by atoms with E-state index in [-0.39, 0.29) is 18.7 Å². The first-order valence-electron chi connectivity index (χ1n) is 9.69. The van der Waals surface area contributed by atoms with Gasteiger partial charge in [-0.3, -0.25) is 14.4 Å². The van der Waals surface area contributed by atoms with E-state index < -0.39 is 5.41 Å². The third-order valence-electron chi connectivity index (χ3n) is 6.25. The zero-order valence-electron chi connectivity index (χ0n) is 15.8. The number of aliphatic hydroxyl groups is 1. The summed E-state index contributed by atoms with van der Waals surface area (Å²) in [6.07, 6.45) is 4.14. The monoisotopic (exact) mass is 369 g/mol. The molecule has 4 heterocycles. The van der Waals surface area contributed by atoms with Gasteiger partial charge < -0.3 is 9.84 Å². The molecule has 27 heavy (non-hydrogen) atoms. The van der Waals surface area contributed by atoms with Crippen LogP contribution in [0.2, 0.25) is 0 Å². The van der Waals surface area contributed by atoms with Crippen LogP contribution in [0.3, 0.4) is 0 Å². The van der Waals surface area contributed by atoms with Crippen LogP contribution in [0.25, 0.3) is 0 Å². The molecule has 3 fully saturated rings. The number of carbonyl (C=O) groups excluding carboxylic acids is 1. The first-order chi connectivity index (χ1) is 13.1. The summed E-state index contributed by atoms with van der Waals surface area (Å²) in [5.74, 6) is 0.0963. The quantitative estimate of drug-likeness (QED) is 0.782. The first kappa shape index (κ1) is 18.2. The van der Waals surface area contributed by atoms with E-state index in [9.17, 15) is 9.90 Å². The lowest BCUT2D eigenvalue weighted by atomic mass is 9.77. The molecule has 0 saturated carbocycles. The van der Waals surface area contributed by atoms with E-state index in [4.69, 9.17) is 4.74 Å². The van der Waals surface area contributed by atoms with Gasteiger partial charge in [-0.1, -0.05) is 30.3 Å². The number of nitrogens with zero attached hydrogens (tertiary/aromatic N) is 3. The molecule has 0 amide bonds. The third kappa shape index (κ3) is 3.39. The lowest BCUT2D eigenvalue weighted by Gasteiger charge is -2.45. The molecule has 144 valence electrons. The molecule has 2 atom stereocenters. The average Bonchev–Trinajstić information content (AvgIpc) is 3.12. The molecule has 0 radical (unpaired) electrons. The maximum absolute atomic E-state index is 13.4. The maximum Gasteiger partial charge on any atom is 0.319 e. The summed E-state index contributed by atoms with van der Waals surface area (Å²) in [6.45, 7) is 2.69. The van der Waals surface area contributed by atoms with Gasteiger partial charge in [0.05, 0.1) is 6.61 Å². The van der Waals surface area contributed by atoms with Crippen LogP contribution in [-0.2, 0) is 28.4 Å². The molecule has 3 aliphatic heterocycles. The molecule has 5 rings (SSSR count). The van der Waals surface area contributed by atoms with Crippen molar-refractivity contribution in [1.29, 1.82) is 0 Å². The van der Waals surface area contributed by atoms with Crippen molar-refractivity contribution in [1.82, 2.24) is 14.7 Å². The molecule has 1 aromatic carbocycles. The number of hydrogen-bond donors (Lipinski definition) is 1. The van der Waals surface area contributed by atoms with Crippen molar-refractivity contribution in [2.24, 2.45) is 13.0 Å². The number of aliphatic hydroxyl groups excluding tert-OH is 1. The van der Waals surface area contributed by atoms with Crippen LogP contribution in [0.4, 0.5) is 0 Å². The van der Waals surface area contributed by atoms with E-state index in [2.05, 4.69) is 10.00 Å². The lowest BCUT2D eigenvalue weighted by Crippen LogP contribution is -2.54. The van der Waals surface area contributed by atoms with E-state index in [1.165, 1.54) is 0 Å². The number of carbonyl (C=O) groups is 1. The highest BCUT2D eigenvalue weighted by molar-refractivity contribution is 5.84. The molecule has 2 aromatic rings. The Kier molecular flexibility index (Phi) is 5.02. The second-order valence-corrected chi connectivity index (χ2v) is 7.81. The Hall–Kier alpha value is -2.18. The predicted octanol–water partition coefficient (Wildman–Crippen LogP) is 1.53. The largest absolute Gasteiger partial charge is 0.460 e. The van der Waals surface area contributed by atoms with Gasteiger partial charge in [0.15, 0.2) is 0 Å². The molecular formula is C21H27N3O3. The van der Waals surface area contributed by atoms with Crippen LogP contribution in [0, 0.1) is 5.92 Å². The second-order valence-electron chi connectivity index (χ2n) is 7.81. The SMILES string of the molecule is Cn1nccc1C[C@](CO)(C(=O)O[C@H]1CN2CCC1CC2)c1ccccc1. The minimum Gasteiger partial charge on any atom is -0.460 e. The highest BCUT2D eigenvalue weighted by Crippen LogP contribution is 2.34. The van der Waals surface area contributed by atoms with Crippen LogP contribution >= 0.6 is 0 Å². The van der Waals surface area contributed by atoms with Crippen molar-refractivity contribution in [3.63, 3.8) is 0 Å². The van der Waals surface area contributed by atoms with Gasteiger partial charge in [-0.15, -0.1) is 0 Å². The second kappa shape index (κ2) is 7.44. The molecule has 3 aliphatic rings. The Morgan fingerprint density at radius 1 is 1.26 bits per heavy atom. The van der Waals surface area contributed by atoms with Crippen LogP contribution in [0.1, 0.15) is 24.1 Å². The van der Waals surface area contributed by atoms with Crippen molar-refractivity contribution in [2.75, 3.05) is 26.2 Å². The van der Waals surface area contributed by atoms with E-state index in [1.54, 1.807) is 10.9 Å². The van der Waals surface area contributed by atoms with Gasteiger partial charge in [-0.25, -0.2) is 0 Å². The van der Waals surface area contributed by atoms with Gasteiger partial charge in [-0.05, 0) is 43.5 Å². The summed E-state index contributed by atoms with van der Waals surface area (Å²) >= 11 is 0. The molecule has 0 aliphatic carbocycles. The van der Waals surface area contributed by atoms with E-state index in [0.717, 1.165) is 43.7 Å². The maximum atomic E-state index is 13.4. The minimum atomic E-state index is -1.12. The number of rotatable bonds is 6. The summed E-state index contributed by atoms with van der Waals surface area (Å²) in [6, 6.07) is 11.4. The normalized spacial score (nSPS) is 26.5. The summed E-state index contributed by atoms with van der Waals surface area (Å²) in [7, 11) is 1.85. The van der Waals surface area contributed by atoms with Crippen molar-refractivity contribution in [3.05, 3.63) is 53.9 Å². The fraction of sp³-hybridized carbons (Fsp3) is 0.524. The molecule has 1 aromatic heterocycles. The molecule has 0 spiro atoms. The van der Waals surface area contributed by atoms with E-state index in [1.807, 2.05) is 43.4 Å². The molecule has 2 bridgehead atoms. The summed E-state index contributed by atoms with van der Waals surface area (Å²) in [4.78, 5) is 15.8. The van der Waals surface area contributed by atoms with E-state index in [0.29, 0.717) is 12.3 Å². The average molecular weight is 369 g/mol. The standard InChI is InChI=1S/C21H27N3O3/c1-23-18(7-10-22-23)13-21(15-25,17-5-3-2-4-6-17)20(26)27-19-14-24-11-8-16(19)9-12-24/h2-7,10,16,19,25H,8-9,11-15H2,1H3/t19-,21+/m0/s1. The van der Waals surface area contributed by atoms with E-state index >= 15 is 0 Å². The van der Waals surface area contributed by atoms with Crippen LogP contribution < -0.4 is 0 Å². The number of piperidine rings is 3. The van der Waals surface area contributed by atoms with Crippen LogP contribution in [-0.4, -0.2) is 58.1 Å². The Morgan fingerprint density at radius 3 is 2.56 bits per heavy atom. The zero-order valence-corrected chi connectivity index (χ0v) is 15.8. The first-order valence-corrected chi connectivity index (χ1v) is 9.69. The molecule has 1 N–H and O–H groups in total. The third-order valence-corrected chi connectivity index (χ3v) is 6.25. The Labute approximate surface area is 159 Å². The Morgan fingerprint density at radius 2 is 2.00 bits per heavy atom. The smallest absolute Gasteiger partial charge is 0.319 e. The van der Waals surface area contributed by atoms with Gasteiger partial charge in [0.1, 0.15) is 11.5 Å². The number of hydrogen-bond acceptors (Lipinski definition) is 5. The van der Waals surface area contributed by atoms with Gasteiger partial charge in [0.25, 0.3) is 0 Å². The summed E-state index contributed by atoms with van der Waals surface area (Å²) < 4.78 is 7.80. The fourth-order valence-corrected chi connectivity index (χ4v) is 4.44. The van der Waals surface area contributed by atoms with Crippen LogP contribution in [0.15, 0.2) is 42.6 Å². The molecule has 0 unspecified atom stereocenters. The van der Waals surface area contributed by atoms with Crippen molar-refractivity contribution in [2.45, 2.75) is 30.8 Å². The van der Waals surface area contributed by atoms with Gasteiger partial charge in [-0.2, -0.15) is 5.10 Å². The van der Waals surface area contributed by atoms with Gasteiger partial charge in [0.2, 0.25) is 0 Å². The number of fused-ring (bicyclic) bond motifs is 3. The Bertz CT molecular complexity index is 783.